The highest BCUT2D eigenvalue weighted by molar-refractivity contribution is 6.41. The van der Waals surface area contributed by atoms with Crippen LogP contribution in [0.15, 0.2) is 58.1 Å². The summed E-state index contributed by atoms with van der Waals surface area (Å²) >= 11 is 18.4. The van der Waals surface area contributed by atoms with Crippen molar-refractivity contribution in [3.05, 3.63) is 79.3 Å². The van der Waals surface area contributed by atoms with Gasteiger partial charge < -0.3 is 14.5 Å². The van der Waals surface area contributed by atoms with Crippen molar-refractivity contribution >= 4 is 69.2 Å². The van der Waals surface area contributed by atoms with Crippen LogP contribution in [0.2, 0.25) is 15.1 Å². The molecule has 2 aromatic carbocycles. The quantitative estimate of drug-likeness (QED) is 0.199. The second-order valence-corrected chi connectivity index (χ2v) is 8.02. The first kappa shape index (κ1) is 25.2. The molecule has 0 bridgehead atoms. The van der Waals surface area contributed by atoms with Gasteiger partial charge in [-0.1, -0.05) is 46.9 Å². The van der Waals surface area contributed by atoms with Crippen LogP contribution >= 0.6 is 34.8 Å². The molecular weight excluding hydrogens is 507 g/mol. The minimum atomic E-state index is -0.671. The van der Waals surface area contributed by atoms with Gasteiger partial charge >= 0.3 is 11.9 Å². The summed E-state index contributed by atoms with van der Waals surface area (Å²) in [7, 11) is 0. The topological polar surface area (TPSA) is 123 Å². The van der Waals surface area contributed by atoms with Crippen LogP contribution in [0.4, 0.5) is 5.69 Å². The number of allylic oxidation sites excluding steroid dienone is 1. The summed E-state index contributed by atoms with van der Waals surface area (Å²) in [6.45, 7) is 1.98. The lowest BCUT2D eigenvalue weighted by molar-refractivity contribution is -0.145. The van der Waals surface area contributed by atoms with Gasteiger partial charge in [0.1, 0.15) is 18.1 Å². The Morgan fingerprint density at radius 2 is 1.79 bits per heavy atom. The minimum absolute atomic E-state index is 0.0579. The fourth-order valence-corrected chi connectivity index (χ4v) is 3.63. The summed E-state index contributed by atoms with van der Waals surface area (Å²) in [4.78, 5) is 42.7. The first-order chi connectivity index (χ1) is 16.1. The number of carbonyl (C=O) groups is 2. The molecule has 9 nitrogen and oxygen atoms in total. The number of ether oxygens (including phenoxy) is 2. The highest BCUT2D eigenvalue weighted by atomic mass is 35.5. The third-order valence-electron chi connectivity index (χ3n) is 4.13. The Labute approximate surface area is 208 Å². The van der Waals surface area contributed by atoms with Crippen molar-refractivity contribution in [3.63, 3.8) is 0 Å². The molecule has 0 unspecified atom stereocenters. The fourth-order valence-electron chi connectivity index (χ4n) is 2.73. The van der Waals surface area contributed by atoms with Crippen LogP contribution in [0.25, 0.3) is 11.0 Å². The van der Waals surface area contributed by atoms with E-state index in [2.05, 4.69) is 20.5 Å². The Hall–Kier alpha value is -3.40. The van der Waals surface area contributed by atoms with E-state index < -0.39 is 17.5 Å². The van der Waals surface area contributed by atoms with E-state index in [1.807, 2.05) is 0 Å². The SMILES string of the molecule is CC(=O)OC/C(=C/C(=N/Nc1c(Cl)cc(Cl)cc1Cl)c1nc2ccccc2[nH]c1=O)OC(C)=O. The number of carbonyl (C=O) groups excluding carboxylic acids is 2. The second-order valence-electron chi connectivity index (χ2n) is 6.77. The largest absolute Gasteiger partial charge is 0.458 e. The molecule has 3 aromatic rings. The summed E-state index contributed by atoms with van der Waals surface area (Å²) in [5, 5.41) is 4.88. The van der Waals surface area contributed by atoms with E-state index in [9.17, 15) is 14.4 Å². The molecule has 3 rings (SSSR count). The standard InChI is InChI=1S/C22H17Cl3N4O5/c1-11(30)33-10-14(34-12(2)31)9-19(28-29-20-15(24)7-13(23)8-16(20)25)21-22(32)27-18-6-4-3-5-17(18)26-21/h3-9,29H,10H2,1-2H3,(H,27,32)/b14-9-,28-19-. The molecule has 0 spiro atoms. The number of fused-ring (bicyclic) bond motifs is 1. The number of hydrogen-bond donors (Lipinski definition) is 2. The Bertz CT molecular complexity index is 1360. The molecule has 0 aliphatic rings. The van der Waals surface area contributed by atoms with Crippen LogP contribution < -0.4 is 11.0 Å². The molecule has 0 saturated heterocycles. The van der Waals surface area contributed by atoms with Crippen molar-refractivity contribution in [1.82, 2.24) is 9.97 Å². The van der Waals surface area contributed by atoms with Crippen LogP contribution in [0.1, 0.15) is 19.5 Å². The maximum atomic E-state index is 12.8. The van der Waals surface area contributed by atoms with Gasteiger partial charge in [0, 0.05) is 24.9 Å². The number of para-hydroxylation sites is 2. The molecule has 0 atom stereocenters. The van der Waals surface area contributed by atoms with E-state index in [-0.39, 0.29) is 39.5 Å². The summed E-state index contributed by atoms with van der Waals surface area (Å²) in [6, 6.07) is 9.79. The maximum absolute atomic E-state index is 12.8. The van der Waals surface area contributed by atoms with Crippen molar-refractivity contribution in [2.45, 2.75) is 13.8 Å². The van der Waals surface area contributed by atoms with Gasteiger partial charge in [-0.25, -0.2) is 4.98 Å². The third kappa shape index (κ3) is 6.57. The second kappa shape index (κ2) is 11.1. The number of aromatic amines is 1. The number of esters is 2. The third-order valence-corrected chi connectivity index (χ3v) is 4.94. The number of rotatable bonds is 7. The molecule has 2 N–H and O–H groups in total. The molecule has 0 radical (unpaired) electrons. The van der Waals surface area contributed by atoms with Gasteiger partial charge in [0.2, 0.25) is 0 Å². The van der Waals surface area contributed by atoms with E-state index in [0.717, 1.165) is 0 Å². The molecule has 0 amide bonds. The average Bonchev–Trinajstić information content (AvgIpc) is 2.75. The summed E-state index contributed by atoms with van der Waals surface area (Å²) in [6.07, 6.45) is 1.24. The van der Waals surface area contributed by atoms with Crippen molar-refractivity contribution in [3.8, 4) is 0 Å². The zero-order valence-electron chi connectivity index (χ0n) is 17.8. The van der Waals surface area contributed by atoms with Gasteiger partial charge in [-0.2, -0.15) is 5.10 Å². The van der Waals surface area contributed by atoms with Crippen LogP contribution in [0, 0.1) is 0 Å². The fraction of sp³-hybridized carbons (Fsp3) is 0.136. The molecule has 0 fully saturated rings. The molecule has 176 valence electrons. The lowest BCUT2D eigenvalue weighted by Gasteiger charge is -2.11. The van der Waals surface area contributed by atoms with Gasteiger partial charge in [-0.3, -0.25) is 19.8 Å². The smallest absolute Gasteiger partial charge is 0.307 e. The number of hydrazone groups is 1. The predicted octanol–water partition coefficient (Wildman–Crippen LogP) is 4.71. The van der Waals surface area contributed by atoms with Crippen molar-refractivity contribution in [2.75, 3.05) is 12.0 Å². The summed E-state index contributed by atoms with van der Waals surface area (Å²) in [5.74, 6) is -1.36. The maximum Gasteiger partial charge on any atom is 0.307 e. The molecule has 34 heavy (non-hydrogen) atoms. The number of anilines is 1. The normalized spacial score (nSPS) is 11.9. The Balaban J connectivity index is 2.15. The number of nitrogens with zero attached hydrogens (tertiary/aromatic N) is 2. The monoisotopic (exact) mass is 522 g/mol. The van der Waals surface area contributed by atoms with E-state index in [4.69, 9.17) is 44.3 Å². The zero-order chi connectivity index (χ0) is 24.8. The lowest BCUT2D eigenvalue weighted by Crippen LogP contribution is -2.22. The Morgan fingerprint density at radius 1 is 1.12 bits per heavy atom. The van der Waals surface area contributed by atoms with Gasteiger partial charge in [0.15, 0.2) is 5.69 Å². The van der Waals surface area contributed by atoms with Gasteiger partial charge in [-0.15, -0.1) is 0 Å². The molecule has 0 aliphatic heterocycles. The predicted molar refractivity (Wildman–Crippen MR) is 130 cm³/mol. The van der Waals surface area contributed by atoms with E-state index in [0.29, 0.717) is 16.1 Å². The van der Waals surface area contributed by atoms with Crippen molar-refractivity contribution in [1.29, 1.82) is 0 Å². The average molecular weight is 524 g/mol. The molecule has 12 heteroatoms. The van der Waals surface area contributed by atoms with Gasteiger partial charge in [0.05, 0.1) is 26.8 Å². The molecular formula is C22H17Cl3N4O5. The van der Waals surface area contributed by atoms with Crippen LogP contribution in [0.5, 0.6) is 0 Å². The zero-order valence-corrected chi connectivity index (χ0v) is 20.1. The van der Waals surface area contributed by atoms with Crippen LogP contribution in [0.3, 0.4) is 0 Å². The number of nitrogens with one attached hydrogen (secondary N) is 2. The molecule has 0 saturated carbocycles. The van der Waals surface area contributed by atoms with Crippen molar-refractivity contribution in [2.24, 2.45) is 5.10 Å². The number of hydrogen-bond acceptors (Lipinski definition) is 8. The first-order valence-corrected chi connectivity index (χ1v) is 10.8. The van der Waals surface area contributed by atoms with Gasteiger partial charge in [-0.05, 0) is 24.3 Å². The van der Waals surface area contributed by atoms with E-state index in [1.165, 1.54) is 32.1 Å². The first-order valence-electron chi connectivity index (χ1n) is 9.64. The molecule has 0 aliphatic carbocycles. The lowest BCUT2D eigenvalue weighted by atomic mass is 10.2. The summed E-state index contributed by atoms with van der Waals surface area (Å²) in [5.41, 5.74) is 3.15. The van der Waals surface area contributed by atoms with Crippen molar-refractivity contribution < 1.29 is 19.1 Å². The Kier molecular flexibility index (Phi) is 8.27. The minimum Gasteiger partial charge on any atom is -0.458 e. The molecule has 1 heterocycles. The van der Waals surface area contributed by atoms with Crippen LogP contribution in [-0.4, -0.2) is 34.2 Å². The van der Waals surface area contributed by atoms with E-state index in [1.54, 1.807) is 24.3 Å². The number of H-pyrrole nitrogens is 1. The van der Waals surface area contributed by atoms with Crippen LogP contribution in [-0.2, 0) is 19.1 Å². The Morgan fingerprint density at radius 3 is 2.44 bits per heavy atom. The van der Waals surface area contributed by atoms with Gasteiger partial charge in [0.25, 0.3) is 5.56 Å². The number of benzene rings is 2. The van der Waals surface area contributed by atoms with E-state index >= 15 is 0 Å². The highest BCUT2D eigenvalue weighted by Gasteiger charge is 2.16. The number of aromatic nitrogens is 2. The number of halogens is 3. The highest BCUT2D eigenvalue weighted by Crippen LogP contribution is 2.33. The summed E-state index contributed by atoms with van der Waals surface area (Å²) < 4.78 is 10.1. The molecule has 1 aromatic heterocycles.